The first-order valence-corrected chi connectivity index (χ1v) is 17.6. The van der Waals surface area contributed by atoms with Gasteiger partial charge in [-0.15, -0.1) is 0 Å². The zero-order valence-corrected chi connectivity index (χ0v) is 29.7. The van der Waals surface area contributed by atoms with Gasteiger partial charge in [0, 0.05) is 76.8 Å². The number of unbranched alkanes of at least 4 members (excludes halogenated alkanes) is 1. The highest BCUT2D eigenvalue weighted by Gasteiger charge is 2.52. The van der Waals surface area contributed by atoms with Gasteiger partial charge in [0.15, 0.2) is 0 Å². The lowest BCUT2D eigenvalue weighted by atomic mass is 9.74. The number of piperidine rings is 2. The summed E-state index contributed by atoms with van der Waals surface area (Å²) in [7, 11) is 0. The molecule has 11 nitrogen and oxygen atoms in total. The average molecular weight is 738 g/mol. The van der Waals surface area contributed by atoms with E-state index in [1.807, 2.05) is 4.90 Å². The number of alkyl halides is 6. The summed E-state index contributed by atoms with van der Waals surface area (Å²) < 4.78 is 83.1. The van der Waals surface area contributed by atoms with Gasteiger partial charge in [-0.05, 0) is 58.8 Å². The number of likely N-dealkylation sites (tertiary alicyclic amines) is 2. The third-order valence-corrected chi connectivity index (χ3v) is 10.9. The second-order valence-corrected chi connectivity index (χ2v) is 14.4. The van der Waals surface area contributed by atoms with Crippen molar-refractivity contribution in [3.05, 3.63) is 22.8 Å². The minimum atomic E-state index is -5.08. The van der Waals surface area contributed by atoms with E-state index < -0.39 is 29.7 Å². The van der Waals surface area contributed by atoms with Crippen LogP contribution in [0.5, 0.6) is 0 Å². The molecule has 1 atom stereocenters. The van der Waals surface area contributed by atoms with Crippen LogP contribution in [0.2, 0.25) is 0 Å². The highest BCUT2D eigenvalue weighted by molar-refractivity contribution is 5.96. The number of amides is 2. The van der Waals surface area contributed by atoms with Crippen molar-refractivity contribution < 1.29 is 55.3 Å². The van der Waals surface area contributed by atoms with E-state index in [9.17, 15) is 35.9 Å². The van der Waals surface area contributed by atoms with E-state index in [2.05, 4.69) is 28.7 Å². The zero-order chi connectivity index (χ0) is 37.8. The lowest BCUT2D eigenvalue weighted by Crippen LogP contribution is -2.64. The van der Waals surface area contributed by atoms with Gasteiger partial charge in [-0.3, -0.25) is 9.69 Å². The van der Waals surface area contributed by atoms with Crippen molar-refractivity contribution in [2.45, 2.75) is 109 Å². The number of ether oxygens (including phenoxy) is 2. The van der Waals surface area contributed by atoms with Crippen molar-refractivity contribution >= 4 is 18.0 Å². The third kappa shape index (κ3) is 9.82. The van der Waals surface area contributed by atoms with E-state index >= 15 is 0 Å². The van der Waals surface area contributed by atoms with Crippen LogP contribution < -0.4 is 0 Å². The summed E-state index contributed by atoms with van der Waals surface area (Å²) >= 11 is 0. The topological polar surface area (TPSA) is 125 Å². The Morgan fingerprint density at radius 2 is 1.49 bits per heavy atom. The number of hydrogen-bond acceptors (Lipinski definition) is 8. The molecule has 4 fully saturated rings. The second-order valence-electron chi connectivity index (χ2n) is 14.4. The number of rotatable bonds is 7. The number of carboxylic acids is 1. The number of carbonyl (C=O) groups is 3. The molecule has 5 heterocycles. The molecule has 51 heavy (non-hydrogen) atoms. The van der Waals surface area contributed by atoms with E-state index in [1.54, 1.807) is 4.90 Å². The van der Waals surface area contributed by atoms with Gasteiger partial charge in [-0.2, -0.15) is 26.3 Å². The maximum absolute atomic E-state index is 13.4. The van der Waals surface area contributed by atoms with Crippen molar-refractivity contribution in [1.82, 2.24) is 24.7 Å². The quantitative estimate of drug-likeness (QED) is 0.323. The highest BCUT2D eigenvalue weighted by atomic mass is 19.4. The molecule has 0 bridgehead atoms. The third-order valence-electron chi connectivity index (χ3n) is 10.9. The molecule has 1 N–H and O–H groups in total. The van der Waals surface area contributed by atoms with Crippen LogP contribution in [0.1, 0.15) is 99.2 Å². The average Bonchev–Trinajstić information content (AvgIpc) is 3.05. The Bertz CT molecular complexity index is 1360. The van der Waals surface area contributed by atoms with Crippen molar-refractivity contribution in [3.8, 4) is 0 Å². The molecule has 1 unspecified atom stereocenters. The van der Waals surface area contributed by atoms with Gasteiger partial charge in [-0.1, -0.05) is 19.8 Å². The SMILES string of the molecule is CCCCC1CN(CC2CCOCC2)C(=O)OC12CCN(C1(C)CCN(C(=O)c3c(C)nc(C(F)(F)F)nc3C)CC1)CC2.O=C(O)C(F)(F)F. The molecule has 0 radical (unpaired) electrons. The molecule has 0 aliphatic carbocycles. The van der Waals surface area contributed by atoms with Gasteiger partial charge < -0.3 is 24.4 Å². The van der Waals surface area contributed by atoms with Crippen LogP contribution in [0.3, 0.4) is 0 Å². The van der Waals surface area contributed by atoms with Crippen LogP contribution in [0.25, 0.3) is 0 Å². The van der Waals surface area contributed by atoms with Gasteiger partial charge in [0.25, 0.3) is 5.91 Å². The molecular weight excluding hydrogens is 688 g/mol. The summed E-state index contributed by atoms with van der Waals surface area (Å²) in [6, 6.07) is 0. The number of hydrogen-bond donors (Lipinski definition) is 1. The molecule has 1 aromatic heterocycles. The van der Waals surface area contributed by atoms with Gasteiger partial charge >= 0.3 is 24.4 Å². The van der Waals surface area contributed by atoms with Crippen LogP contribution in [-0.2, 0) is 20.4 Å². The van der Waals surface area contributed by atoms with Crippen molar-refractivity contribution in [1.29, 1.82) is 0 Å². The number of halogens is 6. The Morgan fingerprint density at radius 3 is 1.98 bits per heavy atom. The molecule has 5 rings (SSSR count). The van der Waals surface area contributed by atoms with E-state index in [1.165, 1.54) is 13.8 Å². The number of carboxylic acid groups (broad SMARTS) is 1. The number of carbonyl (C=O) groups excluding carboxylic acids is 2. The minimum absolute atomic E-state index is 0.0514. The number of aromatic nitrogens is 2. The first-order valence-electron chi connectivity index (χ1n) is 17.6. The van der Waals surface area contributed by atoms with Crippen LogP contribution in [0.4, 0.5) is 31.1 Å². The molecule has 4 aliphatic heterocycles. The molecule has 0 saturated carbocycles. The molecule has 1 aromatic rings. The van der Waals surface area contributed by atoms with Crippen LogP contribution in [0, 0.1) is 25.7 Å². The van der Waals surface area contributed by atoms with E-state index in [0.29, 0.717) is 24.9 Å². The van der Waals surface area contributed by atoms with Gasteiger partial charge in [0.05, 0.1) is 17.0 Å². The van der Waals surface area contributed by atoms with Crippen molar-refractivity contribution in [2.24, 2.45) is 11.8 Å². The lowest BCUT2D eigenvalue weighted by Gasteiger charge is -2.55. The summed E-state index contributed by atoms with van der Waals surface area (Å²) in [5.74, 6) is -3.51. The smallest absolute Gasteiger partial charge is 0.475 e. The Labute approximate surface area is 294 Å². The van der Waals surface area contributed by atoms with Crippen molar-refractivity contribution in [2.75, 3.05) is 52.5 Å². The largest absolute Gasteiger partial charge is 0.490 e. The molecule has 2 amide bonds. The van der Waals surface area contributed by atoms with Crippen LogP contribution in [-0.4, -0.2) is 118 Å². The summed E-state index contributed by atoms with van der Waals surface area (Å²) in [6.07, 6.45) is -1.55. The first kappa shape index (κ1) is 40.6. The standard InChI is InChI=1S/C32H48F3N5O4.C2HF3O2/c1-5-6-7-25-21-39(20-24-8-18-43-19-9-24)29(42)44-31(25)12-16-40(17-13-31)30(4)10-14-38(15-11-30)27(41)26-22(2)36-28(32(33,34)35)37-23(26)3;3-2(4,5)1(6)7/h24-25H,5-21H2,1-4H3;(H,6,7). The normalized spacial score (nSPS) is 23.0. The fourth-order valence-electron chi connectivity index (χ4n) is 7.78. The van der Waals surface area contributed by atoms with Gasteiger partial charge in [0.2, 0.25) is 5.82 Å². The Kier molecular flexibility index (Phi) is 12.9. The molecule has 17 heteroatoms. The Hall–Kier alpha value is -3.21. The molecule has 0 aromatic carbocycles. The Balaban J connectivity index is 0.000000755. The first-order chi connectivity index (χ1) is 23.8. The van der Waals surface area contributed by atoms with Crippen LogP contribution in [0.15, 0.2) is 0 Å². The highest BCUT2D eigenvalue weighted by Crippen LogP contribution is 2.43. The summed E-state index contributed by atoms with van der Waals surface area (Å²) in [4.78, 5) is 48.9. The van der Waals surface area contributed by atoms with Crippen molar-refractivity contribution in [3.63, 3.8) is 0 Å². The number of aliphatic carboxylic acids is 1. The minimum Gasteiger partial charge on any atom is -0.475 e. The fraction of sp³-hybridized carbons (Fsp3) is 0.794. The maximum Gasteiger partial charge on any atom is 0.490 e. The second kappa shape index (κ2) is 16.2. The Morgan fingerprint density at radius 1 is 0.941 bits per heavy atom. The van der Waals surface area contributed by atoms with Crippen LogP contribution >= 0.6 is 0 Å². The van der Waals surface area contributed by atoms with E-state index in [0.717, 1.165) is 97.2 Å². The molecule has 288 valence electrons. The van der Waals surface area contributed by atoms with Gasteiger partial charge in [-0.25, -0.2) is 19.6 Å². The van der Waals surface area contributed by atoms with E-state index in [-0.39, 0.29) is 34.5 Å². The molecule has 4 aliphatic rings. The summed E-state index contributed by atoms with van der Waals surface area (Å²) in [5.41, 5.74) is -0.290. The summed E-state index contributed by atoms with van der Waals surface area (Å²) in [6.45, 7) is 13.0. The monoisotopic (exact) mass is 737 g/mol. The predicted molar refractivity (Wildman–Crippen MR) is 172 cm³/mol. The molecular formula is C34H49F6N5O6. The molecule has 4 saturated heterocycles. The van der Waals surface area contributed by atoms with E-state index in [4.69, 9.17) is 19.4 Å². The number of aryl methyl sites for hydroxylation is 2. The zero-order valence-electron chi connectivity index (χ0n) is 29.7. The number of nitrogens with zero attached hydrogens (tertiary/aromatic N) is 5. The maximum atomic E-state index is 13.4. The fourth-order valence-corrected chi connectivity index (χ4v) is 7.78. The lowest BCUT2D eigenvalue weighted by molar-refractivity contribution is -0.192. The summed E-state index contributed by atoms with van der Waals surface area (Å²) in [5, 5.41) is 7.12. The van der Waals surface area contributed by atoms with Gasteiger partial charge in [0.1, 0.15) is 5.60 Å². The predicted octanol–water partition coefficient (Wildman–Crippen LogP) is 6.26. The molecule has 1 spiro atoms.